The van der Waals surface area contributed by atoms with Crippen LogP contribution in [0.1, 0.15) is 29.4 Å². The normalized spacial score (nSPS) is 10.9. The van der Waals surface area contributed by atoms with Crippen molar-refractivity contribution in [3.63, 3.8) is 0 Å². The van der Waals surface area contributed by atoms with Crippen LogP contribution in [-0.2, 0) is 18.9 Å². The Morgan fingerprint density at radius 2 is 1.73 bits per heavy atom. The van der Waals surface area contributed by atoms with Crippen molar-refractivity contribution in [2.75, 3.05) is 0 Å². The van der Waals surface area contributed by atoms with Gasteiger partial charge in [0.05, 0.1) is 0 Å². The summed E-state index contributed by atoms with van der Waals surface area (Å²) in [6.45, 7) is 7.31. The average molecular weight is 371 g/mol. The molecule has 0 radical (unpaired) electrons. The molecule has 3 rings (SSSR count). The summed E-state index contributed by atoms with van der Waals surface area (Å²) in [6.07, 6.45) is 0. The van der Waals surface area contributed by atoms with Crippen molar-refractivity contribution in [1.82, 2.24) is 14.8 Å². The Morgan fingerprint density at radius 3 is 2.38 bits per heavy atom. The van der Waals surface area contributed by atoms with Crippen molar-refractivity contribution in [1.29, 1.82) is 0 Å². The van der Waals surface area contributed by atoms with Gasteiger partial charge in [-0.25, -0.2) is 4.39 Å². The topological polar surface area (TPSA) is 39.9 Å². The monoisotopic (exact) mass is 371 g/mol. The molecule has 6 heteroatoms. The number of hydrogen-bond acceptors (Lipinski definition) is 4. The van der Waals surface area contributed by atoms with E-state index >= 15 is 0 Å². The SMILES string of the molecule is CCn1c(COc2cc(C)cc(C)c2)nnc1SCc1ccc(F)cc1. The van der Waals surface area contributed by atoms with Crippen molar-refractivity contribution in [3.05, 3.63) is 70.8 Å². The molecule has 0 unspecified atom stereocenters. The third-order valence-electron chi connectivity index (χ3n) is 3.95. The smallest absolute Gasteiger partial charge is 0.191 e. The Hall–Kier alpha value is -2.34. The van der Waals surface area contributed by atoms with Gasteiger partial charge in [0.2, 0.25) is 0 Å². The Balaban J connectivity index is 1.66. The van der Waals surface area contributed by atoms with Gasteiger partial charge in [-0.15, -0.1) is 10.2 Å². The molecule has 3 aromatic rings. The summed E-state index contributed by atoms with van der Waals surface area (Å²) in [4.78, 5) is 0. The number of rotatable bonds is 7. The van der Waals surface area contributed by atoms with Gasteiger partial charge in [0.15, 0.2) is 11.0 Å². The number of aromatic nitrogens is 3. The molecule has 0 amide bonds. The van der Waals surface area contributed by atoms with E-state index in [4.69, 9.17) is 4.74 Å². The molecule has 0 aliphatic heterocycles. The number of nitrogens with zero attached hydrogens (tertiary/aromatic N) is 3. The quantitative estimate of drug-likeness (QED) is 0.553. The molecule has 0 N–H and O–H groups in total. The third kappa shape index (κ3) is 4.64. The van der Waals surface area contributed by atoms with Crippen LogP contribution in [-0.4, -0.2) is 14.8 Å². The molecule has 0 bridgehead atoms. The van der Waals surface area contributed by atoms with Crippen molar-refractivity contribution in [3.8, 4) is 5.75 Å². The summed E-state index contributed by atoms with van der Waals surface area (Å²) in [5.74, 6) is 2.14. The lowest BCUT2D eigenvalue weighted by molar-refractivity contribution is 0.288. The Kier molecular flexibility index (Phi) is 5.93. The fourth-order valence-electron chi connectivity index (χ4n) is 2.74. The zero-order chi connectivity index (χ0) is 18.5. The van der Waals surface area contributed by atoms with E-state index in [-0.39, 0.29) is 5.82 Å². The van der Waals surface area contributed by atoms with Gasteiger partial charge in [-0.3, -0.25) is 0 Å². The van der Waals surface area contributed by atoms with Crippen LogP contribution in [0.4, 0.5) is 4.39 Å². The van der Waals surface area contributed by atoms with Gasteiger partial charge < -0.3 is 9.30 Å². The van der Waals surface area contributed by atoms with E-state index in [0.29, 0.717) is 6.61 Å². The van der Waals surface area contributed by atoms with Crippen molar-refractivity contribution < 1.29 is 9.13 Å². The summed E-state index contributed by atoms with van der Waals surface area (Å²) < 4.78 is 21.0. The second-order valence-electron chi connectivity index (χ2n) is 6.17. The van der Waals surface area contributed by atoms with Gasteiger partial charge in [0, 0.05) is 12.3 Å². The van der Waals surface area contributed by atoms with Crippen molar-refractivity contribution in [2.45, 2.75) is 44.8 Å². The lowest BCUT2D eigenvalue weighted by Crippen LogP contribution is -2.07. The number of hydrogen-bond donors (Lipinski definition) is 0. The highest BCUT2D eigenvalue weighted by Crippen LogP contribution is 2.23. The highest BCUT2D eigenvalue weighted by Gasteiger charge is 2.12. The zero-order valence-corrected chi connectivity index (χ0v) is 16.0. The molecule has 0 saturated carbocycles. The number of halogens is 1. The van der Waals surface area contributed by atoms with Crippen LogP contribution < -0.4 is 4.74 Å². The van der Waals surface area contributed by atoms with E-state index in [2.05, 4.69) is 41.6 Å². The van der Waals surface area contributed by atoms with Crippen molar-refractivity contribution >= 4 is 11.8 Å². The highest BCUT2D eigenvalue weighted by atomic mass is 32.2. The predicted molar refractivity (Wildman–Crippen MR) is 102 cm³/mol. The number of benzene rings is 2. The first-order valence-corrected chi connectivity index (χ1v) is 9.54. The van der Waals surface area contributed by atoms with Crippen LogP contribution in [0.3, 0.4) is 0 Å². The Labute approximate surface area is 157 Å². The van der Waals surface area contributed by atoms with Gasteiger partial charge in [-0.05, 0) is 61.7 Å². The van der Waals surface area contributed by atoms with Crippen LogP contribution >= 0.6 is 11.8 Å². The number of aryl methyl sites for hydroxylation is 2. The second-order valence-corrected chi connectivity index (χ2v) is 7.11. The minimum atomic E-state index is -0.221. The summed E-state index contributed by atoms with van der Waals surface area (Å²) >= 11 is 1.59. The van der Waals surface area contributed by atoms with Gasteiger partial charge in [0.25, 0.3) is 0 Å². The summed E-state index contributed by atoms with van der Waals surface area (Å²) in [7, 11) is 0. The van der Waals surface area contributed by atoms with Crippen LogP contribution in [0.2, 0.25) is 0 Å². The molecule has 1 heterocycles. The highest BCUT2D eigenvalue weighted by molar-refractivity contribution is 7.98. The van der Waals surface area contributed by atoms with E-state index in [1.54, 1.807) is 23.9 Å². The van der Waals surface area contributed by atoms with E-state index in [0.717, 1.165) is 34.6 Å². The fourth-order valence-corrected chi connectivity index (χ4v) is 3.72. The summed E-state index contributed by atoms with van der Waals surface area (Å²) in [6, 6.07) is 12.7. The van der Waals surface area contributed by atoms with Crippen LogP contribution in [0.5, 0.6) is 5.75 Å². The van der Waals surface area contributed by atoms with Gasteiger partial charge in [-0.2, -0.15) is 0 Å². The molecule has 0 atom stereocenters. The molecule has 136 valence electrons. The van der Waals surface area contributed by atoms with Gasteiger partial charge in [0.1, 0.15) is 18.2 Å². The molecule has 4 nitrogen and oxygen atoms in total. The molecule has 0 aliphatic rings. The summed E-state index contributed by atoms with van der Waals surface area (Å²) in [5, 5.41) is 9.41. The Morgan fingerprint density at radius 1 is 1.04 bits per heavy atom. The predicted octanol–water partition coefficient (Wildman–Crippen LogP) is 4.93. The van der Waals surface area contributed by atoms with E-state index in [1.807, 2.05) is 12.1 Å². The Bertz CT molecular complexity index is 857. The molecule has 0 saturated heterocycles. The maximum Gasteiger partial charge on any atom is 0.191 e. The summed E-state index contributed by atoms with van der Waals surface area (Å²) in [5.41, 5.74) is 3.40. The lowest BCUT2D eigenvalue weighted by Gasteiger charge is -2.10. The molecule has 26 heavy (non-hydrogen) atoms. The zero-order valence-electron chi connectivity index (χ0n) is 15.2. The first kappa shape index (κ1) is 18.5. The van der Waals surface area contributed by atoms with E-state index in [1.165, 1.54) is 23.3 Å². The van der Waals surface area contributed by atoms with Crippen LogP contribution in [0, 0.1) is 19.7 Å². The largest absolute Gasteiger partial charge is 0.486 e. The lowest BCUT2D eigenvalue weighted by atomic mass is 10.1. The van der Waals surface area contributed by atoms with Crippen LogP contribution in [0.25, 0.3) is 0 Å². The average Bonchev–Trinajstić information content (AvgIpc) is 3.00. The number of ether oxygens (including phenoxy) is 1. The number of thioether (sulfide) groups is 1. The van der Waals surface area contributed by atoms with Gasteiger partial charge >= 0.3 is 0 Å². The maximum absolute atomic E-state index is 13.0. The van der Waals surface area contributed by atoms with E-state index < -0.39 is 0 Å². The van der Waals surface area contributed by atoms with Crippen molar-refractivity contribution in [2.24, 2.45) is 0 Å². The molecule has 2 aromatic carbocycles. The first-order valence-electron chi connectivity index (χ1n) is 8.55. The first-order chi connectivity index (χ1) is 12.5. The minimum Gasteiger partial charge on any atom is -0.486 e. The maximum atomic E-state index is 13.0. The standard InChI is InChI=1S/C20H22FN3OS/c1-4-24-19(12-25-18-10-14(2)9-15(3)11-18)22-23-20(24)26-13-16-5-7-17(21)8-6-16/h5-11H,4,12-13H2,1-3H3. The molecule has 1 aromatic heterocycles. The molecular weight excluding hydrogens is 349 g/mol. The van der Waals surface area contributed by atoms with Crippen LogP contribution in [0.15, 0.2) is 47.6 Å². The third-order valence-corrected chi connectivity index (χ3v) is 4.99. The van der Waals surface area contributed by atoms with E-state index in [9.17, 15) is 4.39 Å². The minimum absolute atomic E-state index is 0.221. The van der Waals surface area contributed by atoms with Gasteiger partial charge in [-0.1, -0.05) is 30.0 Å². The fraction of sp³-hybridized carbons (Fsp3) is 0.300. The molecular formula is C20H22FN3OS. The molecule has 0 aliphatic carbocycles. The second kappa shape index (κ2) is 8.36. The molecule has 0 fully saturated rings. The molecule has 0 spiro atoms.